The molecule has 0 aliphatic heterocycles. The number of nitrogens with zero attached hydrogens (tertiary/aromatic N) is 1. The second-order valence-electron chi connectivity index (χ2n) is 4.49. The van der Waals surface area contributed by atoms with E-state index in [9.17, 15) is 8.42 Å². The number of hydrogen-bond donors (Lipinski definition) is 3. The van der Waals surface area contributed by atoms with Crippen LogP contribution in [0.2, 0.25) is 0 Å². The number of benzene rings is 1. The fourth-order valence-corrected chi connectivity index (χ4v) is 2.38. The van der Waals surface area contributed by atoms with E-state index in [0.717, 1.165) is 11.1 Å². The van der Waals surface area contributed by atoms with Gasteiger partial charge in [0.25, 0.3) is 0 Å². The SMILES string of the molecule is Cc1cnccc1CNc1cc(N)cc(S(N)(=O)=O)c1. The molecule has 0 bridgehead atoms. The highest BCUT2D eigenvalue weighted by Gasteiger charge is 2.10. The number of anilines is 2. The van der Waals surface area contributed by atoms with Crippen molar-refractivity contribution in [3.8, 4) is 0 Å². The Morgan fingerprint density at radius 3 is 2.70 bits per heavy atom. The van der Waals surface area contributed by atoms with Crippen LogP contribution in [-0.2, 0) is 16.6 Å². The summed E-state index contributed by atoms with van der Waals surface area (Å²) in [6.07, 6.45) is 3.48. The Bertz CT molecular complexity index is 729. The van der Waals surface area contributed by atoms with Crippen molar-refractivity contribution in [2.24, 2.45) is 5.14 Å². The molecule has 20 heavy (non-hydrogen) atoms. The van der Waals surface area contributed by atoms with Crippen LogP contribution in [0.15, 0.2) is 41.6 Å². The Kier molecular flexibility index (Phi) is 3.91. The maximum atomic E-state index is 11.4. The number of sulfonamides is 1. The van der Waals surface area contributed by atoms with Gasteiger partial charge in [0.1, 0.15) is 0 Å². The summed E-state index contributed by atoms with van der Waals surface area (Å²) in [5.74, 6) is 0. The van der Waals surface area contributed by atoms with Gasteiger partial charge < -0.3 is 11.1 Å². The lowest BCUT2D eigenvalue weighted by Gasteiger charge is -2.10. The van der Waals surface area contributed by atoms with Gasteiger partial charge in [-0.05, 0) is 42.3 Å². The normalized spacial score (nSPS) is 11.3. The van der Waals surface area contributed by atoms with Crippen molar-refractivity contribution in [1.82, 2.24) is 4.98 Å². The summed E-state index contributed by atoms with van der Waals surface area (Å²) >= 11 is 0. The van der Waals surface area contributed by atoms with Crippen LogP contribution >= 0.6 is 0 Å². The first-order chi connectivity index (χ1) is 9.36. The van der Waals surface area contributed by atoms with E-state index < -0.39 is 10.0 Å². The van der Waals surface area contributed by atoms with Crippen LogP contribution in [0.5, 0.6) is 0 Å². The quantitative estimate of drug-likeness (QED) is 0.734. The highest BCUT2D eigenvalue weighted by atomic mass is 32.2. The van der Waals surface area contributed by atoms with Crippen LogP contribution < -0.4 is 16.2 Å². The first-order valence-corrected chi connectivity index (χ1v) is 7.47. The summed E-state index contributed by atoms with van der Waals surface area (Å²) < 4.78 is 22.7. The van der Waals surface area contributed by atoms with Gasteiger partial charge in [-0.3, -0.25) is 4.98 Å². The van der Waals surface area contributed by atoms with Crippen LogP contribution in [-0.4, -0.2) is 13.4 Å². The molecule has 0 aliphatic carbocycles. The predicted octanol–water partition coefficient (Wildman–Crippen LogP) is 1.23. The van der Waals surface area contributed by atoms with Gasteiger partial charge >= 0.3 is 0 Å². The van der Waals surface area contributed by atoms with Crippen LogP contribution in [0, 0.1) is 6.92 Å². The molecule has 0 saturated heterocycles. The standard InChI is InChI=1S/C13H16N4O2S/c1-9-7-16-3-2-10(9)8-17-12-4-11(14)5-13(6-12)20(15,18)19/h2-7,17H,8,14H2,1H3,(H2,15,18,19). The molecule has 0 atom stereocenters. The lowest BCUT2D eigenvalue weighted by Crippen LogP contribution is -2.13. The van der Waals surface area contributed by atoms with E-state index in [-0.39, 0.29) is 4.90 Å². The molecule has 7 heteroatoms. The molecule has 106 valence electrons. The second-order valence-corrected chi connectivity index (χ2v) is 6.05. The molecule has 5 N–H and O–H groups in total. The zero-order valence-corrected chi connectivity index (χ0v) is 11.8. The fraction of sp³-hybridized carbons (Fsp3) is 0.154. The average molecular weight is 292 g/mol. The van der Waals surface area contributed by atoms with Gasteiger partial charge in [-0.25, -0.2) is 13.6 Å². The van der Waals surface area contributed by atoms with Gasteiger partial charge in [0.05, 0.1) is 4.90 Å². The Morgan fingerprint density at radius 1 is 1.30 bits per heavy atom. The number of hydrogen-bond acceptors (Lipinski definition) is 5. The van der Waals surface area contributed by atoms with Gasteiger partial charge in [0, 0.05) is 30.3 Å². The third-order valence-electron chi connectivity index (χ3n) is 2.88. The molecule has 0 amide bonds. The molecule has 2 aromatic rings. The van der Waals surface area contributed by atoms with Gasteiger partial charge in [0.2, 0.25) is 10.0 Å². The molecule has 2 rings (SSSR count). The Morgan fingerprint density at radius 2 is 2.05 bits per heavy atom. The van der Waals surface area contributed by atoms with Crippen molar-refractivity contribution >= 4 is 21.4 Å². The lowest BCUT2D eigenvalue weighted by molar-refractivity contribution is 0.598. The third-order valence-corrected chi connectivity index (χ3v) is 3.77. The molecule has 1 aromatic heterocycles. The first kappa shape index (κ1) is 14.3. The molecule has 1 heterocycles. The number of aromatic nitrogens is 1. The van der Waals surface area contributed by atoms with Crippen molar-refractivity contribution in [3.05, 3.63) is 47.8 Å². The van der Waals surface area contributed by atoms with E-state index in [1.165, 1.54) is 12.1 Å². The topological polar surface area (TPSA) is 111 Å². The minimum absolute atomic E-state index is 0.00792. The maximum absolute atomic E-state index is 11.4. The largest absolute Gasteiger partial charge is 0.399 e. The number of aryl methyl sites for hydroxylation is 1. The van der Waals surface area contributed by atoms with E-state index in [0.29, 0.717) is 17.9 Å². The van der Waals surface area contributed by atoms with E-state index in [1.807, 2.05) is 13.0 Å². The summed E-state index contributed by atoms with van der Waals surface area (Å²) in [7, 11) is -3.77. The number of rotatable bonds is 4. The zero-order valence-electron chi connectivity index (χ0n) is 11.0. The number of pyridine rings is 1. The van der Waals surface area contributed by atoms with E-state index in [1.54, 1.807) is 18.5 Å². The highest BCUT2D eigenvalue weighted by Crippen LogP contribution is 2.20. The van der Waals surface area contributed by atoms with Crippen LogP contribution in [0.25, 0.3) is 0 Å². The number of nitrogens with two attached hydrogens (primary N) is 2. The smallest absolute Gasteiger partial charge is 0.238 e. The third kappa shape index (κ3) is 3.46. The van der Waals surface area contributed by atoms with Crippen LogP contribution in [0.1, 0.15) is 11.1 Å². The van der Waals surface area contributed by atoms with Gasteiger partial charge in [-0.15, -0.1) is 0 Å². The van der Waals surface area contributed by atoms with Crippen molar-refractivity contribution in [2.45, 2.75) is 18.4 Å². The predicted molar refractivity (Wildman–Crippen MR) is 78.5 cm³/mol. The van der Waals surface area contributed by atoms with Crippen LogP contribution in [0.3, 0.4) is 0 Å². The van der Waals surface area contributed by atoms with Gasteiger partial charge in [-0.2, -0.15) is 0 Å². The summed E-state index contributed by atoms with van der Waals surface area (Å²) in [4.78, 5) is 4.01. The molecular formula is C13H16N4O2S. The van der Waals surface area contributed by atoms with E-state index in [4.69, 9.17) is 10.9 Å². The second kappa shape index (κ2) is 5.48. The average Bonchev–Trinajstić information content (AvgIpc) is 2.36. The summed E-state index contributed by atoms with van der Waals surface area (Å²) in [6.45, 7) is 2.50. The maximum Gasteiger partial charge on any atom is 0.238 e. The summed E-state index contributed by atoms with van der Waals surface area (Å²) in [5.41, 5.74) is 8.75. The van der Waals surface area contributed by atoms with Crippen molar-refractivity contribution < 1.29 is 8.42 Å². The number of primary sulfonamides is 1. The molecule has 0 unspecified atom stereocenters. The van der Waals surface area contributed by atoms with E-state index >= 15 is 0 Å². The Hall–Kier alpha value is -2.12. The molecule has 1 aromatic carbocycles. The van der Waals surface area contributed by atoms with E-state index in [2.05, 4.69) is 10.3 Å². The fourth-order valence-electron chi connectivity index (χ4n) is 1.79. The van der Waals surface area contributed by atoms with Crippen molar-refractivity contribution in [2.75, 3.05) is 11.1 Å². The molecule has 6 nitrogen and oxygen atoms in total. The molecule has 0 aliphatic rings. The minimum Gasteiger partial charge on any atom is -0.399 e. The molecule has 0 spiro atoms. The summed E-state index contributed by atoms with van der Waals surface area (Å²) in [6, 6.07) is 6.35. The lowest BCUT2D eigenvalue weighted by atomic mass is 10.1. The Balaban J connectivity index is 2.22. The first-order valence-electron chi connectivity index (χ1n) is 5.93. The van der Waals surface area contributed by atoms with Crippen LogP contribution in [0.4, 0.5) is 11.4 Å². The Labute approximate surface area is 117 Å². The number of nitrogens with one attached hydrogen (secondary N) is 1. The highest BCUT2D eigenvalue weighted by molar-refractivity contribution is 7.89. The van der Waals surface area contributed by atoms with Crippen molar-refractivity contribution in [3.63, 3.8) is 0 Å². The molecule has 0 fully saturated rings. The number of nitrogen functional groups attached to an aromatic ring is 1. The molecular weight excluding hydrogens is 276 g/mol. The molecule has 0 radical (unpaired) electrons. The minimum atomic E-state index is -3.77. The van der Waals surface area contributed by atoms with Gasteiger partial charge in [-0.1, -0.05) is 0 Å². The monoisotopic (exact) mass is 292 g/mol. The molecule has 0 saturated carbocycles. The van der Waals surface area contributed by atoms with Crippen molar-refractivity contribution in [1.29, 1.82) is 0 Å². The summed E-state index contributed by atoms with van der Waals surface area (Å²) in [5, 5.41) is 8.23. The zero-order chi connectivity index (χ0) is 14.8. The van der Waals surface area contributed by atoms with Gasteiger partial charge in [0.15, 0.2) is 0 Å².